The number of hydroxylamine groups is 2. The number of methoxy groups -OCH3 is 1. The number of carbonyl (C=O) groups excluding carboxylic acids is 1. The topological polar surface area (TPSA) is 52.6 Å². The molecule has 0 aromatic carbocycles. The molecule has 1 aliphatic rings. The molecular formula is C7H10NO3-. The minimum atomic E-state index is -0.269. The minimum absolute atomic E-state index is 0.231. The van der Waals surface area contributed by atoms with Crippen LogP contribution in [0.5, 0.6) is 0 Å². The number of carbonyl (C=O) groups is 1. The average molecular weight is 156 g/mol. The van der Waals surface area contributed by atoms with Crippen LogP contribution in [0.15, 0.2) is 12.3 Å². The smallest absolute Gasteiger partial charge is 0.312 e. The number of ether oxygens (including phenoxy) is 1. The second-order valence-electron chi connectivity index (χ2n) is 2.40. The van der Waals surface area contributed by atoms with Gasteiger partial charge in [0.15, 0.2) is 0 Å². The molecule has 0 radical (unpaired) electrons. The Kier molecular flexibility index (Phi) is 2.48. The zero-order valence-electron chi connectivity index (χ0n) is 6.32. The molecule has 0 aromatic heterocycles. The van der Waals surface area contributed by atoms with Crippen LogP contribution in [0.3, 0.4) is 0 Å². The van der Waals surface area contributed by atoms with Gasteiger partial charge in [0, 0.05) is 6.54 Å². The Bertz CT molecular complexity index is 179. The fourth-order valence-electron chi connectivity index (χ4n) is 0.985. The molecule has 1 heterocycles. The first-order valence-corrected chi connectivity index (χ1v) is 3.44. The molecule has 1 atom stereocenters. The van der Waals surface area contributed by atoms with Crippen molar-refractivity contribution in [2.45, 2.75) is 6.42 Å². The maximum absolute atomic E-state index is 10.9. The summed E-state index contributed by atoms with van der Waals surface area (Å²) in [6.07, 6.45) is 3.49. The molecule has 0 aromatic rings. The van der Waals surface area contributed by atoms with Crippen molar-refractivity contribution in [3.63, 3.8) is 0 Å². The summed E-state index contributed by atoms with van der Waals surface area (Å²) >= 11 is 0. The maximum atomic E-state index is 10.9. The fourth-order valence-corrected chi connectivity index (χ4v) is 0.985. The first-order valence-electron chi connectivity index (χ1n) is 3.44. The van der Waals surface area contributed by atoms with Crippen LogP contribution in [0.4, 0.5) is 0 Å². The SMILES string of the molecule is COC(=O)C1C=CN([O-])CC1. The Hall–Kier alpha value is -1.03. The maximum Gasteiger partial charge on any atom is 0.312 e. The van der Waals surface area contributed by atoms with Crippen molar-refractivity contribution in [3.8, 4) is 0 Å². The summed E-state index contributed by atoms with van der Waals surface area (Å²) in [6, 6.07) is 0. The largest absolute Gasteiger partial charge is 0.759 e. The summed E-state index contributed by atoms with van der Waals surface area (Å²) in [4.78, 5) is 10.9. The number of esters is 1. The van der Waals surface area contributed by atoms with Crippen LogP contribution in [-0.2, 0) is 9.53 Å². The van der Waals surface area contributed by atoms with Gasteiger partial charge in [-0.2, -0.15) is 0 Å². The van der Waals surface area contributed by atoms with Crippen LogP contribution < -0.4 is 0 Å². The molecule has 0 fully saturated rings. The Balaban J connectivity index is 2.50. The monoisotopic (exact) mass is 156 g/mol. The quantitative estimate of drug-likeness (QED) is 0.518. The zero-order chi connectivity index (χ0) is 8.27. The van der Waals surface area contributed by atoms with Gasteiger partial charge in [0.05, 0.1) is 13.0 Å². The summed E-state index contributed by atoms with van der Waals surface area (Å²) in [5.74, 6) is -0.500. The van der Waals surface area contributed by atoms with Crippen molar-refractivity contribution >= 4 is 5.97 Å². The van der Waals surface area contributed by atoms with E-state index < -0.39 is 0 Å². The molecule has 0 saturated heterocycles. The van der Waals surface area contributed by atoms with Gasteiger partial charge in [-0.15, -0.1) is 0 Å². The number of hydrogen-bond acceptors (Lipinski definition) is 4. The standard InChI is InChI=1S/C7H10NO3/c1-11-7(9)6-2-4-8(10)5-3-6/h2,4,6H,3,5H2,1H3/q-1. The molecule has 1 unspecified atom stereocenters. The van der Waals surface area contributed by atoms with E-state index in [1.165, 1.54) is 13.3 Å². The van der Waals surface area contributed by atoms with E-state index in [1.807, 2.05) is 0 Å². The van der Waals surface area contributed by atoms with Gasteiger partial charge < -0.3 is 15.0 Å². The van der Waals surface area contributed by atoms with Gasteiger partial charge in [-0.25, -0.2) is 0 Å². The number of hydrogen-bond donors (Lipinski definition) is 0. The molecule has 11 heavy (non-hydrogen) atoms. The van der Waals surface area contributed by atoms with Crippen molar-refractivity contribution in [3.05, 3.63) is 17.5 Å². The highest BCUT2D eigenvalue weighted by molar-refractivity contribution is 5.74. The average Bonchev–Trinajstić information content (AvgIpc) is 2.05. The second kappa shape index (κ2) is 3.39. The summed E-state index contributed by atoms with van der Waals surface area (Å²) < 4.78 is 4.51. The van der Waals surface area contributed by atoms with E-state index >= 15 is 0 Å². The molecule has 4 heteroatoms. The van der Waals surface area contributed by atoms with E-state index in [0.29, 0.717) is 13.0 Å². The lowest BCUT2D eigenvalue weighted by Crippen LogP contribution is -2.24. The van der Waals surface area contributed by atoms with Gasteiger partial charge in [-0.05, 0) is 12.6 Å². The van der Waals surface area contributed by atoms with Gasteiger partial charge in [0.2, 0.25) is 0 Å². The predicted octanol–water partition coefficient (Wildman–Crippen LogP) is 0.493. The van der Waals surface area contributed by atoms with Crippen LogP contribution in [0.25, 0.3) is 0 Å². The van der Waals surface area contributed by atoms with Crippen molar-refractivity contribution in [1.82, 2.24) is 5.06 Å². The normalized spacial score (nSPS) is 23.5. The second-order valence-corrected chi connectivity index (χ2v) is 2.40. The van der Waals surface area contributed by atoms with E-state index in [4.69, 9.17) is 0 Å². The van der Waals surface area contributed by atoms with E-state index in [1.54, 1.807) is 6.08 Å². The first-order chi connectivity index (χ1) is 5.24. The molecule has 0 amide bonds. The van der Waals surface area contributed by atoms with Gasteiger partial charge in [-0.1, -0.05) is 6.08 Å². The Morgan fingerprint density at radius 1 is 1.82 bits per heavy atom. The van der Waals surface area contributed by atoms with Gasteiger partial charge in [-0.3, -0.25) is 4.79 Å². The third kappa shape index (κ3) is 1.94. The third-order valence-electron chi connectivity index (χ3n) is 1.65. The van der Waals surface area contributed by atoms with E-state index in [9.17, 15) is 10.0 Å². The molecule has 1 aliphatic heterocycles. The number of rotatable bonds is 1. The van der Waals surface area contributed by atoms with Crippen LogP contribution in [-0.4, -0.2) is 24.7 Å². The van der Waals surface area contributed by atoms with Gasteiger partial charge in [0.25, 0.3) is 0 Å². The van der Waals surface area contributed by atoms with Gasteiger partial charge >= 0.3 is 5.97 Å². The van der Waals surface area contributed by atoms with Crippen LogP contribution in [0.2, 0.25) is 0 Å². The van der Waals surface area contributed by atoms with Gasteiger partial charge in [0.1, 0.15) is 0 Å². The highest BCUT2D eigenvalue weighted by Crippen LogP contribution is 2.13. The Morgan fingerprint density at radius 2 is 2.55 bits per heavy atom. The Morgan fingerprint density at radius 3 is 3.00 bits per heavy atom. The zero-order valence-corrected chi connectivity index (χ0v) is 6.32. The van der Waals surface area contributed by atoms with Crippen molar-refractivity contribution in [2.75, 3.05) is 13.7 Å². The third-order valence-corrected chi connectivity index (χ3v) is 1.65. The lowest BCUT2D eigenvalue weighted by Gasteiger charge is -2.31. The first kappa shape index (κ1) is 8.07. The van der Waals surface area contributed by atoms with Crippen molar-refractivity contribution in [1.29, 1.82) is 0 Å². The molecule has 0 saturated carbocycles. The molecule has 4 nitrogen and oxygen atoms in total. The van der Waals surface area contributed by atoms with E-state index in [-0.39, 0.29) is 11.9 Å². The molecule has 62 valence electrons. The van der Waals surface area contributed by atoms with Crippen molar-refractivity contribution in [2.24, 2.45) is 5.92 Å². The molecule has 0 bridgehead atoms. The van der Waals surface area contributed by atoms with Crippen LogP contribution >= 0.6 is 0 Å². The lowest BCUT2D eigenvalue weighted by molar-refractivity contribution is -0.144. The van der Waals surface area contributed by atoms with E-state index in [2.05, 4.69) is 4.74 Å². The van der Waals surface area contributed by atoms with Crippen LogP contribution in [0, 0.1) is 11.1 Å². The highest BCUT2D eigenvalue weighted by Gasteiger charge is 2.17. The summed E-state index contributed by atoms with van der Waals surface area (Å²) in [5, 5.41) is 11.4. The molecule has 0 aliphatic carbocycles. The molecule has 1 rings (SSSR count). The van der Waals surface area contributed by atoms with Crippen LogP contribution in [0.1, 0.15) is 6.42 Å². The van der Waals surface area contributed by atoms with Crippen molar-refractivity contribution < 1.29 is 9.53 Å². The summed E-state index contributed by atoms with van der Waals surface area (Å²) in [7, 11) is 1.35. The minimum Gasteiger partial charge on any atom is -0.759 e. The fraction of sp³-hybridized carbons (Fsp3) is 0.571. The number of nitrogens with zero attached hydrogens (tertiary/aromatic N) is 1. The Labute approximate surface area is 65.0 Å². The predicted molar refractivity (Wildman–Crippen MR) is 39.3 cm³/mol. The lowest BCUT2D eigenvalue weighted by atomic mass is 10.0. The summed E-state index contributed by atoms with van der Waals surface area (Å²) in [6.45, 7) is 0.371. The highest BCUT2D eigenvalue weighted by atomic mass is 16.5. The molecule has 0 spiro atoms. The molecular weight excluding hydrogens is 146 g/mol. The van der Waals surface area contributed by atoms with E-state index in [0.717, 1.165) is 5.06 Å². The summed E-state index contributed by atoms with van der Waals surface area (Å²) in [5.41, 5.74) is 0. The molecule has 0 N–H and O–H groups in total.